The molecule has 0 saturated carbocycles. The fraction of sp³-hybridized carbons (Fsp3) is 0.0667. The lowest BCUT2D eigenvalue weighted by Gasteiger charge is -2.07. The van der Waals surface area contributed by atoms with E-state index in [-0.39, 0.29) is 0 Å². The van der Waals surface area contributed by atoms with Crippen LogP contribution in [0.5, 0.6) is 0 Å². The van der Waals surface area contributed by atoms with Crippen LogP contribution in [-0.2, 0) is 0 Å². The van der Waals surface area contributed by atoms with Crippen LogP contribution in [0, 0.1) is 11.3 Å². The van der Waals surface area contributed by atoms with Crippen molar-refractivity contribution < 1.29 is 5.11 Å². The molecule has 98 valence electrons. The number of nitrogens with two attached hydrogens (primary N) is 1. The number of aromatic nitrogens is 1. The van der Waals surface area contributed by atoms with Crippen molar-refractivity contribution in [3.8, 4) is 6.07 Å². The van der Waals surface area contributed by atoms with Crippen LogP contribution in [-0.4, -0.2) is 10.1 Å². The average molecular weight is 281 g/mol. The molecule has 0 fully saturated rings. The number of aliphatic hydroxyl groups excluding tert-OH is 1. The number of anilines is 1. The molecule has 0 bridgehead atoms. The Morgan fingerprint density at radius 3 is 2.65 bits per heavy atom. The molecule has 0 aliphatic rings. The molecule has 4 nitrogen and oxygen atoms in total. The SMILES string of the molecule is N#Cc1ccc(C(O)c2nc3cc(N)ccc3s2)cc1. The molecule has 1 atom stereocenters. The van der Waals surface area contributed by atoms with E-state index in [0.29, 0.717) is 16.3 Å². The summed E-state index contributed by atoms with van der Waals surface area (Å²) in [6.45, 7) is 0. The number of nitrogen functional groups attached to an aromatic ring is 1. The molecule has 1 unspecified atom stereocenters. The summed E-state index contributed by atoms with van der Waals surface area (Å²) in [5, 5.41) is 19.8. The molecule has 0 amide bonds. The zero-order valence-electron chi connectivity index (χ0n) is 10.4. The first kappa shape index (κ1) is 12.6. The molecule has 3 rings (SSSR count). The summed E-state index contributed by atoms with van der Waals surface area (Å²) in [4.78, 5) is 4.42. The molecule has 5 heteroatoms. The second kappa shape index (κ2) is 4.93. The Hall–Kier alpha value is -2.42. The Morgan fingerprint density at radius 2 is 1.95 bits per heavy atom. The van der Waals surface area contributed by atoms with Crippen molar-refractivity contribution in [2.45, 2.75) is 6.10 Å². The fourth-order valence-corrected chi connectivity index (χ4v) is 2.92. The van der Waals surface area contributed by atoms with Gasteiger partial charge in [0.15, 0.2) is 0 Å². The summed E-state index contributed by atoms with van der Waals surface area (Å²) in [6.07, 6.45) is -0.790. The molecular formula is C15H11N3OS. The third-order valence-electron chi connectivity index (χ3n) is 3.02. The van der Waals surface area contributed by atoms with Crippen molar-refractivity contribution in [1.29, 1.82) is 5.26 Å². The maximum atomic E-state index is 10.4. The summed E-state index contributed by atoms with van der Waals surface area (Å²) < 4.78 is 0.988. The molecule has 0 saturated heterocycles. The molecule has 1 heterocycles. The lowest BCUT2D eigenvalue weighted by molar-refractivity contribution is 0.220. The standard InChI is InChI=1S/C15H11N3OS/c16-8-9-1-3-10(4-2-9)14(19)15-18-12-7-11(17)5-6-13(12)20-15/h1-7,14,19H,17H2. The number of benzene rings is 2. The summed E-state index contributed by atoms with van der Waals surface area (Å²) in [5.41, 5.74) is 8.45. The van der Waals surface area contributed by atoms with Gasteiger partial charge in [-0.3, -0.25) is 0 Å². The van der Waals surface area contributed by atoms with E-state index in [0.717, 1.165) is 15.8 Å². The number of thiazole rings is 1. The second-order valence-electron chi connectivity index (χ2n) is 4.42. The van der Waals surface area contributed by atoms with Crippen LogP contribution < -0.4 is 5.73 Å². The van der Waals surface area contributed by atoms with Gasteiger partial charge in [0, 0.05) is 5.69 Å². The Morgan fingerprint density at radius 1 is 1.20 bits per heavy atom. The van der Waals surface area contributed by atoms with Crippen LogP contribution in [0.25, 0.3) is 10.2 Å². The minimum absolute atomic E-state index is 0.568. The molecule has 3 N–H and O–H groups in total. The number of aliphatic hydroxyl groups is 1. The van der Waals surface area contributed by atoms with Crippen molar-refractivity contribution in [2.24, 2.45) is 0 Å². The first-order valence-corrected chi connectivity index (χ1v) is 6.83. The highest BCUT2D eigenvalue weighted by atomic mass is 32.1. The predicted octanol–water partition coefficient (Wildman–Crippen LogP) is 2.83. The maximum Gasteiger partial charge on any atom is 0.131 e. The van der Waals surface area contributed by atoms with E-state index < -0.39 is 6.10 Å². The van der Waals surface area contributed by atoms with Gasteiger partial charge in [0.25, 0.3) is 0 Å². The van der Waals surface area contributed by atoms with Gasteiger partial charge in [0.2, 0.25) is 0 Å². The molecule has 0 aliphatic carbocycles. The lowest BCUT2D eigenvalue weighted by Crippen LogP contribution is -1.98. The van der Waals surface area contributed by atoms with Gasteiger partial charge >= 0.3 is 0 Å². The van der Waals surface area contributed by atoms with Crippen molar-refractivity contribution in [3.63, 3.8) is 0 Å². The smallest absolute Gasteiger partial charge is 0.131 e. The topological polar surface area (TPSA) is 82.9 Å². The number of fused-ring (bicyclic) bond motifs is 1. The highest BCUT2D eigenvalue weighted by Gasteiger charge is 2.15. The largest absolute Gasteiger partial charge is 0.399 e. The molecular weight excluding hydrogens is 270 g/mol. The highest BCUT2D eigenvalue weighted by Crippen LogP contribution is 2.31. The Bertz CT molecular complexity index is 802. The fourth-order valence-electron chi connectivity index (χ4n) is 1.96. The predicted molar refractivity (Wildman–Crippen MR) is 79.3 cm³/mol. The zero-order chi connectivity index (χ0) is 14.1. The molecule has 0 spiro atoms. The van der Waals surface area contributed by atoms with Crippen molar-refractivity contribution in [1.82, 2.24) is 4.98 Å². The summed E-state index contributed by atoms with van der Waals surface area (Å²) in [5.74, 6) is 0. The Kier molecular flexibility index (Phi) is 3.11. The van der Waals surface area contributed by atoms with E-state index in [4.69, 9.17) is 11.0 Å². The summed E-state index contributed by atoms with van der Waals surface area (Å²) >= 11 is 1.44. The third-order valence-corrected chi connectivity index (χ3v) is 4.11. The van der Waals surface area contributed by atoms with E-state index in [1.807, 2.05) is 12.1 Å². The Balaban J connectivity index is 1.98. The normalized spacial score (nSPS) is 12.2. The van der Waals surface area contributed by atoms with Crippen LogP contribution in [0.1, 0.15) is 22.2 Å². The molecule has 0 radical (unpaired) electrons. The van der Waals surface area contributed by atoms with Crippen LogP contribution >= 0.6 is 11.3 Å². The molecule has 0 aliphatic heterocycles. The first-order valence-electron chi connectivity index (χ1n) is 6.01. The monoisotopic (exact) mass is 281 g/mol. The van der Waals surface area contributed by atoms with Gasteiger partial charge in [0.05, 0.1) is 21.8 Å². The van der Waals surface area contributed by atoms with E-state index in [1.54, 1.807) is 30.3 Å². The molecule has 20 heavy (non-hydrogen) atoms. The average Bonchev–Trinajstić information content (AvgIpc) is 2.89. The number of nitriles is 1. The van der Waals surface area contributed by atoms with E-state index >= 15 is 0 Å². The van der Waals surface area contributed by atoms with E-state index in [9.17, 15) is 5.11 Å². The molecule has 2 aromatic carbocycles. The minimum Gasteiger partial charge on any atom is -0.399 e. The van der Waals surface area contributed by atoms with Crippen LogP contribution in [0.2, 0.25) is 0 Å². The van der Waals surface area contributed by atoms with Crippen LogP contribution in [0.4, 0.5) is 5.69 Å². The zero-order valence-corrected chi connectivity index (χ0v) is 11.3. The van der Waals surface area contributed by atoms with Gasteiger partial charge in [-0.15, -0.1) is 11.3 Å². The van der Waals surface area contributed by atoms with Gasteiger partial charge in [-0.2, -0.15) is 5.26 Å². The number of hydrogen-bond acceptors (Lipinski definition) is 5. The van der Waals surface area contributed by atoms with E-state index in [1.165, 1.54) is 11.3 Å². The van der Waals surface area contributed by atoms with Gasteiger partial charge in [-0.25, -0.2) is 4.98 Å². The van der Waals surface area contributed by atoms with Crippen molar-refractivity contribution in [3.05, 3.63) is 58.6 Å². The minimum atomic E-state index is -0.790. The quantitative estimate of drug-likeness (QED) is 0.707. The van der Waals surface area contributed by atoms with Crippen LogP contribution in [0.3, 0.4) is 0 Å². The van der Waals surface area contributed by atoms with Crippen molar-refractivity contribution >= 4 is 27.2 Å². The van der Waals surface area contributed by atoms with Crippen molar-refractivity contribution in [2.75, 3.05) is 5.73 Å². The third kappa shape index (κ3) is 2.23. The summed E-state index contributed by atoms with van der Waals surface area (Å²) in [7, 11) is 0. The molecule has 1 aromatic heterocycles. The first-order chi connectivity index (χ1) is 9.67. The number of rotatable bonds is 2. The highest BCUT2D eigenvalue weighted by molar-refractivity contribution is 7.18. The number of hydrogen-bond donors (Lipinski definition) is 2. The summed E-state index contributed by atoms with van der Waals surface area (Å²) in [6, 6.07) is 14.4. The lowest BCUT2D eigenvalue weighted by atomic mass is 10.1. The van der Waals surface area contributed by atoms with Gasteiger partial charge in [-0.1, -0.05) is 12.1 Å². The van der Waals surface area contributed by atoms with Gasteiger partial charge in [-0.05, 0) is 35.9 Å². The van der Waals surface area contributed by atoms with Crippen LogP contribution in [0.15, 0.2) is 42.5 Å². The Labute approximate surface area is 119 Å². The van der Waals surface area contributed by atoms with Gasteiger partial charge in [0.1, 0.15) is 11.1 Å². The number of nitrogens with zero attached hydrogens (tertiary/aromatic N) is 2. The maximum absolute atomic E-state index is 10.4. The van der Waals surface area contributed by atoms with E-state index in [2.05, 4.69) is 11.1 Å². The van der Waals surface area contributed by atoms with Gasteiger partial charge < -0.3 is 10.8 Å². The second-order valence-corrected chi connectivity index (χ2v) is 5.48. The molecule has 3 aromatic rings.